The Morgan fingerprint density at radius 2 is 1.97 bits per heavy atom. The lowest BCUT2D eigenvalue weighted by molar-refractivity contribution is -0.137. The normalized spacial score (nSPS) is 19.7. The van der Waals surface area contributed by atoms with Crippen molar-refractivity contribution in [2.45, 2.75) is 38.5 Å². The van der Waals surface area contributed by atoms with Crippen molar-refractivity contribution in [3.05, 3.63) is 80.5 Å². The van der Waals surface area contributed by atoms with Crippen LogP contribution in [0.4, 0.5) is 11.4 Å². The van der Waals surface area contributed by atoms with Crippen LogP contribution in [0.15, 0.2) is 54.6 Å². The summed E-state index contributed by atoms with van der Waals surface area (Å²) in [6.07, 6.45) is 1.16. The van der Waals surface area contributed by atoms with Gasteiger partial charge in [0.1, 0.15) is 5.60 Å². The van der Waals surface area contributed by atoms with E-state index in [0.29, 0.717) is 52.2 Å². The van der Waals surface area contributed by atoms with E-state index in [2.05, 4.69) is 5.32 Å². The molecule has 1 atom stereocenters. The number of carbonyl (C=O) groups excluding carboxylic acids is 3. The van der Waals surface area contributed by atoms with E-state index < -0.39 is 5.60 Å². The summed E-state index contributed by atoms with van der Waals surface area (Å²) < 4.78 is 0.521. The summed E-state index contributed by atoms with van der Waals surface area (Å²) in [7, 11) is 0. The molecule has 0 bridgehead atoms. The minimum Gasteiger partial charge on any atom is -0.380 e. The molecule has 2 aliphatic heterocycles. The Bertz CT molecular complexity index is 1340. The van der Waals surface area contributed by atoms with Crippen LogP contribution >= 0.6 is 22.9 Å². The standard InChI is InChI=1S/C26H24ClN3O4S/c1-26(34)11-4-12-30(25(26)33)18-7-2-5-16(13-18)14-29-15-17-6-3-8-19(22(17)24(29)32)28-23(31)20-9-10-21(27)35-20/h2-3,5-10,13,34H,4,11-12,14-15H2,1H3,(H,28,31). The molecule has 5 rings (SSSR count). The Morgan fingerprint density at radius 1 is 1.17 bits per heavy atom. The lowest BCUT2D eigenvalue weighted by Crippen LogP contribution is -2.51. The first kappa shape index (κ1) is 23.5. The summed E-state index contributed by atoms with van der Waals surface area (Å²) in [5.41, 5.74) is 2.02. The fraction of sp³-hybridized carbons (Fsp3) is 0.269. The molecule has 0 aliphatic carbocycles. The molecule has 3 aromatic rings. The molecule has 1 saturated heterocycles. The summed E-state index contributed by atoms with van der Waals surface area (Å²) in [6.45, 7) is 2.87. The molecule has 3 heterocycles. The van der Waals surface area contributed by atoms with E-state index in [1.54, 1.807) is 34.9 Å². The second-order valence-electron chi connectivity index (χ2n) is 9.06. The van der Waals surface area contributed by atoms with E-state index >= 15 is 0 Å². The smallest absolute Gasteiger partial charge is 0.265 e. The van der Waals surface area contributed by atoms with Gasteiger partial charge in [-0.05, 0) is 61.2 Å². The van der Waals surface area contributed by atoms with Crippen molar-refractivity contribution in [2.24, 2.45) is 0 Å². The van der Waals surface area contributed by atoms with Gasteiger partial charge in [-0.2, -0.15) is 0 Å². The first-order chi connectivity index (χ1) is 16.7. The fourth-order valence-electron chi connectivity index (χ4n) is 4.64. The highest BCUT2D eigenvalue weighted by Crippen LogP contribution is 2.33. The molecule has 9 heteroatoms. The molecule has 0 spiro atoms. The van der Waals surface area contributed by atoms with Crippen LogP contribution in [0.5, 0.6) is 0 Å². The Hall–Kier alpha value is -3.20. The van der Waals surface area contributed by atoms with Gasteiger partial charge in [0.05, 0.1) is 20.5 Å². The van der Waals surface area contributed by atoms with Crippen molar-refractivity contribution in [1.29, 1.82) is 0 Å². The van der Waals surface area contributed by atoms with Gasteiger partial charge in [-0.3, -0.25) is 14.4 Å². The van der Waals surface area contributed by atoms with Gasteiger partial charge in [0.25, 0.3) is 17.7 Å². The van der Waals surface area contributed by atoms with Crippen molar-refractivity contribution in [2.75, 3.05) is 16.8 Å². The summed E-state index contributed by atoms with van der Waals surface area (Å²) in [4.78, 5) is 42.5. The van der Waals surface area contributed by atoms with Crippen LogP contribution in [-0.4, -0.2) is 39.9 Å². The molecular weight excluding hydrogens is 486 g/mol. The number of piperidine rings is 1. The van der Waals surface area contributed by atoms with E-state index in [4.69, 9.17) is 11.6 Å². The molecule has 0 radical (unpaired) electrons. The summed E-state index contributed by atoms with van der Waals surface area (Å²) in [5.74, 6) is -0.781. The number of thiophene rings is 1. The van der Waals surface area contributed by atoms with Gasteiger partial charge in [-0.1, -0.05) is 35.9 Å². The first-order valence-electron chi connectivity index (χ1n) is 11.3. The molecule has 1 fully saturated rings. The Balaban J connectivity index is 1.34. The van der Waals surface area contributed by atoms with Crippen molar-refractivity contribution in [3.63, 3.8) is 0 Å². The minimum absolute atomic E-state index is 0.164. The maximum atomic E-state index is 13.3. The third-order valence-corrected chi connectivity index (χ3v) is 7.64. The van der Waals surface area contributed by atoms with E-state index in [1.807, 2.05) is 36.4 Å². The zero-order valence-electron chi connectivity index (χ0n) is 19.1. The van der Waals surface area contributed by atoms with Crippen molar-refractivity contribution in [3.8, 4) is 0 Å². The largest absolute Gasteiger partial charge is 0.380 e. The maximum absolute atomic E-state index is 13.3. The van der Waals surface area contributed by atoms with Crippen molar-refractivity contribution in [1.82, 2.24) is 4.90 Å². The average Bonchev–Trinajstić information content (AvgIpc) is 3.40. The van der Waals surface area contributed by atoms with Gasteiger partial charge in [-0.25, -0.2) is 0 Å². The molecule has 0 saturated carbocycles. The van der Waals surface area contributed by atoms with Gasteiger partial charge in [0, 0.05) is 25.3 Å². The molecular formula is C26H24ClN3O4S. The van der Waals surface area contributed by atoms with E-state index in [9.17, 15) is 19.5 Å². The molecule has 1 unspecified atom stereocenters. The third kappa shape index (κ3) is 4.57. The molecule has 2 aliphatic rings. The van der Waals surface area contributed by atoms with Crippen LogP contribution in [-0.2, 0) is 17.9 Å². The Kier molecular flexibility index (Phi) is 6.13. The monoisotopic (exact) mass is 509 g/mol. The number of aliphatic hydroxyl groups is 1. The molecule has 7 nitrogen and oxygen atoms in total. The first-order valence-corrected chi connectivity index (χ1v) is 12.5. The molecule has 180 valence electrons. The van der Waals surface area contributed by atoms with Crippen LogP contribution in [0.25, 0.3) is 0 Å². The number of rotatable bonds is 5. The second kappa shape index (κ2) is 9.11. The number of carbonyl (C=O) groups is 3. The SMILES string of the molecule is CC1(O)CCCN(c2cccc(CN3Cc4cccc(NC(=O)c5ccc(Cl)s5)c4C3=O)c2)C1=O. The lowest BCUT2D eigenvalue weighted by Gasteiger charge is -2.36. The topological polar surface area (TPSA) is 89.9 Å². The lowest BCUT2D eigenvalue weighted by atomic mass is 9.93. The van der Waals surface area contributed by atoms with Gasteiger partial charge >= 0.3 is 0 Å². The number of fused-ring (bicyclic) bond motifs is 1. The van der Waals surface area contributed by atoms with Crippen molar-refractivity contribution < 1.29 is 19.5 Å². The Morgan fingerprint density at radius 3 is 2.74 bits per heavy atom. The maximum Gasteiger partial charge on any atom is 0.265 e. The van der Waals surface area contributed by atoms with Gasteiger partial charge in [-0.15, -0.1) is 11.3 Å². The Labute approximate surface area is 211 Å². The minimum atomic E-state index is -1.36. The molecule has 2 N–H and O–H groups in total. The summed E-state index contributed by atoms with van der Waals surface area (Å²) in [6, 6.07) is 16.2. The van der Waals surface area contributed by atoms with E-state index in [1.165, 1.54) is 11.3 Å². The number of hydrogen-bond acceptors (Lipinski definition) is 5. The zero-order chi connectivity index (χ0) is 24.7. The number of nitrogens with zero attached hydrogens (tertiary/aromatic N) is 2. The highest BCUT2D eigenvalue weighted by atomic mass is 35.5. The fourth-order valence-corrected chi connectivity index (χ4v) is 5.58. The van der Waals surface area contributed by atoms with Crippen LogP contribution in [0.3, 0.4) is 0 Å². The highest BCUT2D eigenvalue weighted by Gasteiger charge is 2.38. The third-order valence-electron chi connectivity index (χ3n) is 6.41. The van der Waals surface area contributed by atoms with Crippen LogP contribution < -0.4 is 10.2 Å². The molecule has 2 aromatic carbocycles. The summed E-state index contributed by atoms with van der Waals surface area (Å²) >= 11 is 7.13. The zero-order valence-corrected chi connectivity index (χ0v) is 20.7. The van der Waals surface area contributed by atoms with Crippen molar-refractivity contribution >= 4 is 52.0 Å². The number of benzene rings is 2. The van der Waals surface area contributed by atoms with E-state index in [-0.39, 0.29) is 17.7 Å². The molecule has 1 aromatic heterocycles. The van der Waals surface area contributed by atoms with Gasteiger partial charge in [0.15, 0.2) is 0 Å². The van der Waals surface area contributed by atoms with Crippen LogP contribution in [0, 0.1) is 0 Å². The predicted octanol–water partition coefficient (Wildman–Crippen LogP) is 4.69. The highest BCUT2D eigenvalue weighted by molar-refractivity contribution is 7.18. The van der Waals surface area contributed by atoms with Crippen LogP contribution in [0.1, 0.15) is 50.9 Å². The number of anilines is 2. The average molecular weight is 510 g/mol. The molecule has 3 amide bonds. The quantitative estimate of drug-likeness (QED) is 0.522. The van der Waals surface area contributed by atoms with Crippen LogP contribution in [0.2, 0.25) is 4.34 Å². The number of amides is 3. The number of halogens is 1. The predicted molar refractivity (Wildman–Crippen MR) is 136 cm³/mol. The van der Waals surface area contributed by atoms with E-state index in [0.717, 1.165) is 17.5 Å². The molecule has 35 heavy (non-hydrogen) atoms. The van der Waals surface area contributed by atoms with Gasteiger partial charge in [0.2, 0.25) is 0 Å². The summed E-state index contributed by atoms with van der Waals surface area (Å²) in [5, 5.41) is 13.2. The van der Waals surface area contributed by atoms with Gasteiger partial charge < -0.3 is 20.2 Å². The number of nitrogens with one attached hydrogen (secondary N) is 1. The number of hydrogen-bond donors (Lipinski definition) is 2. The second-order valence-corrected chi connectivity index (χ2v) is 10.8.